The van der Waals surface area contributed by atoms with Gasteiger partial charge in [-0.1, -0.05) is 42.0 Å². The van der Waals surface area contributed by atoms with Gasteiger partial charge in [-0.05, 0) is 19.1 Å². The van der Waals surface area contributed by atoms with Gasteiger partial charge in [0.05, 0.1) is 5.56 Å². The molecule has 3 nitrogen and oxygen atoms in total. The first-order valence-corrected chi connectivity index (χ1v) is 5.53. The van der Waals surface area contributed by atoms with Gasteiger partial charge < -0.3 is 5.11 Å². The van der Waals surface area contributed by atoms with Gasteiger partial charge in [0, 0.05) is 5.56 Å². The summed E-state index contributed by atoms with van der Waals surface area (Å²) in [5, 5.41) is 9.55. The smallest absolute Gasteiger partial charge is 0.237 e. The quantitative estimate of drug-likeness (QED) is 0.663. The summed E-state index contributed by atoms with van der Waals surface area (Å²) in [6.07, 6.45) is 0. The molecule has 0 aliphatic rings. The summed E-state index contributed by atoms with van der Waals surface area (Å²) in [5.41, 5.74) is 1.37. The van der Waals surface area contributed by atoms with Gasteiger partial charge in [-0.25, -0.2) is 0 Å². The summed E-state index contributed by atoms with van der Waals surface area (Å²) < 4.78 is 0. The Morgan fingerprint density at radius 1 is 0.889 bits per heavy atom. The fourth-order valence-electron chi connectivity index (χ4n) is 1.62. The van der Waals surface area contributed by atoms with Crippen LogP contribution in [0.15, 0.2) is 48.5 Å². The summed E-state index contributed by atoms with van der Waals surface area (Å²) >= 11 is 0. The Bertz CT molecular complexity index is 597. The molecule has 0 heterocycles. The highest BCUT2D eigenvalue weighted by Gasteiger charge is 2.20. The Kier molecular flexibility index (Phi) is 3.24. The lowest BCUT2D eigenvalue weighted by Crippen LogP contribution is -2.14. The second kappa shape index (κ2) is 4.84. The van der Waals surface area contributed by atoms with Gasteiger partial charge in [-0.15, -0.1) is 0 Å². The third-order valence-corrected chi connectivity index (χ3v) is 2.67. The summed E-state index contributed by atoms with van der Waals surface area (Å²) in [7, 11) is 0. The van der Waals surface area contributed by atoms with Crippen molar-refractivity contribution < 1.29 is 14.7 Å². The number of aromatic hydroxyl groups is 1. The lowest BCUT2D eigenvalue weighted by atomic mass is 10.0. The number of aryl methyl sites for hydroxylation is 1. The molecule has 0 aromatic heterocycles. The minimum absolute atomic E-state index is 0.0306. The molecule has 2 rings (SSSR count). The molecular formula is C15H12O3. The minimum atomic E-state index is -0.697. The molecule has 0 saturated carbocycles. The van der Waals surface area contributed by atoms with Gasteiger partial charge in [0.1, 0.15) is 5.75 Å². The van der Waals surface area contributed by atoms with Crippen LogP contribution in [0, 0.1) is 6.92 Å². The molecule has 0 aliphatic carbocycles. The molecule has 0 spiro atoms. The summed E-state index contributed by atoms with van der Waals surface area (Å²) in [4.78, 5) is 23.9. The molecule has 0 atom stereocenters. The van der Waals surface area contributed by atoms with E-state index in [4.69, 9.17) is 0 Å². The van der Waals surface area contributed by atoms with Crippen LogP contribution in [-0.4, -0.2) is 16.7 Å². The number of benzene rings is 2. The first-order valence-electron chi connectivity index (χ1n) is 5.53. The molecule has 2 aromatic rings. The van der Waals surface area contributed by atoms with Gasteiger partial charge in [0.25, 0.3) is 0 Å². The van der Waals surface area contributed by atoms with Crippen molar-refractivity contribution in [2.24, 2.45) is 0 Å². The van der Waals surface area contributed by atoms with Crippen molar-refractivity contribution in [2.75, 3.05) is 0 Å². The van der Waals surface area contributed by atoms with E-state index in [1.165, 1.54) is 12.1 Å². The highest BCUT2D eigenvalue weighted by Crippen LogP contribution is 2.18. The second-order valence-electron chi connectivity index (χ2n) is 4.04. The van der Waals surface area contributed by atoms with Crippen LogP contribution in [0.4, 0.5) is 0 Å². The number of Topliss-reactive ketones (excluding diaryl/α,β-unsaturated/α-hetero) is 2. The summed E-state index contributed by atoms with van der Waals surface area (Å²) in [5.74, 6) is -1.49. The Balaban J connectivity index is 2.33. The van der Waals surface area contributed by atoms with Gasteiger partial charge in [-0.3, -0.25) is 9.59 Å². The number of rotatable bonds is 3. The number of carbonyl (C=O) groups excluding carboxylic acids is 2. The largest absolute Gasteiger partial charge is 0.507 e. The number of hydrogen-bond donors (Lipinski definition) is 1. The Hall–Kier alpha value is -2.42. The van der Waals surface area contributed by atoms with Crippen molar-refractivity contribution in [3.63, 3.8) is 0 Å². The maximum absolute atomic E-state index is 11.9. The molecule has 18 heavy (non-hydrogen) atoms. The standard InChI is InChI=1S/C15H12O3/c1-10-6-8-11(9-7-10)14(17)15(18)12-4-2-3-5-13(12)16/h2-9,16H,1H3. The molecule has 0 unspecified atom stereocenters. The molecule has 90 valence electrons. The number of ketones is 2. The summed E-state index contributed by atoms with van der Waals surface area (Å²) in [6, 6.07) is 12.8. The normalized spacial score (nSPS) is 10.1. The molecule has 2 aromatic carbocycles. The van der Waals surface area contributed by atoms with E-state index in [1.807, 2.05) is 6.92 Å². The van der Waals surface area contributed by atoms with Crippen molar-refractivity contribution in [1.82, 2.24) is 0 Å². The average Bonchev–Trinajstić information content (AvgIpc) is 2.38. The molecule has 0 radical (unpaired) electrons. The van der Waals surface area contributed by atoms with Crippen LogP contribution in [-0.2, 0) is 0 Å². The first-order chi connectivity index (χ1) is 8.59. The van der Waals surface area contributed by atoms with Gasteiger partial charge in [0.15, 0.2) is 0 Å². The number of phenolic OH excluding ortho intramolecular Hbond substituents is 1. The average molecular weight is 240 g/mol. The lowest BCUT2D eigenvalue weighted by molar-refractivity contribution is 0.0815. The van der Waals surface area contributed by atoms with E-state index in [0.29, 0.717) is 5.56 Å². The topological polar surface area (TPSA) is 54.4 Å². The van der Waals surface area contributed by atoms with Crippen LogP contribution < -0.4 is 0 Å². The van der Waals surface area contributed by atoms with Crippen LogP contribution in [0.5, 0.6) is 5.75 Å². The number of phenols is 1. The molecule has 0 aliphatic heterocycles. The third-order valence-electron chi connectivity index (χ3n) is 2.67. The van der Waals surface area contributed by atoms with E-state index in [1.54, 1.807) is 36.4 Å². The van der Waals surface area contributed by atoms with Crippen molar-refractivity contribution in [1.29, 1.82) is 0 Å². The minimum Gasteiger partial charge on any atom is -0.507 e. The fourth-order valence-corrected chi connectivity index (χ4v) is 1.62. The zero-order valence-electron chi connectivity index (χ0n) is 9.88. The zero-order chi connectivity index (χ0) is 13.1. The molecule has 0 bridgehead atoms. The van der Waals surface area contributed by atoms with E-state index >= 15 is 0 Å². The fraction of sp³-hybridized carbons (Fsp3) is 0.0667. The molecule has 3 heteroatoms. The molecule has 0 fully saturated rings. The second-order valence-corrected chi connectivity index (χ2v) is 4.04. The highest BCUT2D eigenvalue weighted by atomic mass is 16.3. The predicted octanol–water partition coefficient (Wildman–Crippen LogP) is 2.77. The molecular weight excluding hydrogens is 228 g/mol. The van der Waals surface area contributed by atoms with E-state index in [0.717, 1.165) is 5.56 Å². The first kappa shape index (κ1) is 12.0. The Morgan fingerprint density at radius 2 is 1.50 bits per heavy atom. The van der Waals surface area contributed by atoms with E-state index in [-0.39, 0.29) is 11.3 Å². The van der Waals surface area contributed by atoms with Crippen molar-refractivity contribution in [3.05, 3.63) is 65.2 Å². The van der Waals surface area contributed by atoms with Crippen LogP contribution in [0.25, 0.3) is 0 Å². The van der Waals surface area contributed by atoms with Gasteiger partial charge in [0.2, 0.25) is 11.6 Å². The van der Waals surface area contributed by atoms with Gasteiger partial charge >= 0.3 is 0 Å². The lowest BCUT2D eigenvalue weighted by Gasteiger charge is -2.03. The maximum Gasteiger partial charge on any atom is 0.237 e. The van der Waals surface area contributed by atoms with E-state index in [9.17, 15) is 14.7 Å². The number of para-hydroxylation sites is 1. The van der Waals surface area contributed by atoms with E-state index < -0.39 is 11.6 Å². The van der Waals surface area contributed by atoms with Crippen molar-refractivity contribution in [2.45, 2.75) is 6.92 Å². The zero-order valence-corrected chi connectivity index (χ0v) is 9.88. The molecule has 0 amide bonds. The van der Waals surface area contributed by atoms with Gasteiger partial charge in [-0.2, -0.15) is 0 Å². The molecule has 1 N–H and O–H groups in total. The van der Waals surface area contributed by atoms with Crippen LogP contribution in [0.1, 0.15) is 26.3 Å². The SMILES string of the molecule is Cc1ccc(C(=O)C(=O)c2ccccc2O)cc1. The monoisotopic (exact) mass is 240 g/mol. The van der Waals surface area contributed by atoms with Crippen LogP contribution >= 0.6 is 0 Å². The summed E-state index contributed by atoms with van der Waals surface area (Å²) in [6.45, 7) is 1.90. The maximum atomic E-state index is 11.9. The van der Waals surface area contributed by atoms with Crippen LogP contribution in [0.3, 0.4) is 0 Å². The predicted molar refractivity (Wildman–Crippen MR) is 67.9 cm³/mol. The Labute approximate surface area is 105 Å². The number of hydrogen-bond acceptors (Lipinski definition) is 3. The number of carbonyl (C=O) groups is 2. The highest BCUT2D eigenvalue weighted by molar-refractivity contribution is 6.49. The third kappa shape index (κ3) is 2.30. The van der Waals surface area contributed by atoms with Crippen LogP contribution in [0.2, 0.25) is 0 Å². The van der Waals surface area contributed by atoms with Crippen molar-refractivity contribution >= 4 is 11.6 Å². The van der Waals surface area contributed by atoms with E-state index in [2.05, 4.69) is 0 Å². The Morgan fingerprint density at radius 3 is 2.11 bits per heavy atom. The van der Waals surface area contributed by atoms with Crippen molar-refractivity contribution in [3.8, 4) is 5.75 Å². The molecule has 0 saturated heterocycles.